The van der Waals surface area contributed by atoms with Gasteiger partial charge in [-0.3, -0.25) is 9.69 Å². The second-order valence-corrected chi connectivity index (χ2v) is 5.06. The fourth-order valence-electron chi connectivity index (χ4n) is 1.95. The maximum Gasteiger partial charge on any atom is 0.252 e. The first-order valence-electron chi connectivity index (χ1n) is 6.01. The number of hydrogen-bond donors (Lipinski definition) is 2. The molecule has 1 aliphatic heterocycles. The third kappa shape index (κ3) is 3.52. The molecule has 0 saturated carbocycles. The monoisotopic (exact) mass is 253 g/mol. The molecule has 0 spiro atoms. The lowest BCUT2D eigenvalue weighted by Crippen LogP contribution is -2.46. The lowest BCUT2D eigenvalue weighted by atomic mass is 10.2. The van der Waals surface area contributed by atoms with Crippen molar-refractivity contribution in [2.75, 3.05) is 39.3 Å². The number of thiophene rings is 1. The van der Waals surface area contributed by atoms with Crippen LogP contribution in [0.25, 0.3) is 0 Å². The molecule has 5 heteroatoms. The van der Waals surface area contributed by atoms with E-state index in [2.05, 4.69) is 15.5 Å². The average Bonchev–Trinajstić information content (AvgIpc) is 2.77. The average molecular weight is 253 g/mol. The Bertz CT molecular complexity index is 372. The Kier molecular flexibility index (Phi) is 4.53. The van der Waals surface area contributed by atoms with Crippen molar-refractivity contribution in [2.45, 2.75) is 6.92 Å². The van der Waals surface area contributed by atoms with Gasteiger partial charge in [-0.2, -0.15) is 11.3 Å². The number of nitrogens with zero attached hydrogens (tertiary/aromatic N) is 1. The van der Waals surface area contributed by atoms with Gasteiger partial charge in [0, 0.05) is 44.6 Å². The van der Waals surface area contributed by atoms with Gasteiger partial charge in [0.1, 0.15) is 0 Å². The second-order valence-electron chi connectivity index (χ2n) is 4.32. The molecule has 0 radical (unpaired) electrons. The largest absolute Gasteiger partial charge is 0.351 e. The molecule has 0 aromatic carbocycles. The van der Waals surface area contributed by atoms with Crippen LogP contribution in [0.5, 0.6) is 0 Å². The molecule has 0 unspecified atom stereocenters. The summed E-state index contributed by atoms with van der Waals surface area (Å²) >= 11 is 1.58. The first kappa shape index (κ1) is 12.5. The van der Waals surface area contributed by atoms with Crippen LogP contribution >= 0.6 is 11.3 Å². The van der Waals surface area contributed by atoms with E-state index in [1.807, 2.05) is 17.7 Å². The molecule has 0 aliphatic carbocycles. The van der Waals surface area contributed by atoms with Gasteiger partial charge in [-0.1, -0.05) is 0 Å². The first-order chi connectivity index (χ1) is 8.27. The summed E-state index contributed by atoms with van der Waals surface area (Å²) in [6.45, 7) is 7.91. The number of carbonyl (C=O) groups is 1. The highest BCUT2D eigenvalue weighted by atomic mass is 32.1. The van der Waals surface area contributed by atoms with E-state index in [4.69, 9.17) is 0 Å². The normalized spacial score (nSPS) is 17.0. The molecule has 4 nitrogen and oxygen atoms in total. The zero-order chi connectivity index (χ0) is 12.1. The Hall–Kier alpha value is -0.910. The van der Waals surface area contributed by atoms with Gasteiger partial charge < -0.3 is 10.6 Å². The topological polar surface area (TPSA) is 44.4 Å². The maximum atomic E-state index is 11.8. The van der Waals surface area contributed by atoms with Crippen molar-refractivity contribution in [2.24, 2.45) is 0 Å². The van der Waals surface area contributed by atoms with E-state index in [1.165, 1.54) is 0 Å². The summed E-state index contributed by atoms with van der Waals surface area (Å²) in [4.78, 5) is 14.2. The van der Waals surface area contributed by atoms with E-state index in [1.54, 1.807) is 11.3 Å². The lowest BCUT2D eigenvalue weighted by molar-refractivity contribution is 0.0947. The fraction of sp³-hybridized carbons (Fsp3) is 0.583. The van der Waals surface area contributed by atoms with Crippen molar-refractivity contribution in [1.29, 1.82) is 0 Å². The van der Waals surface area contributed by atoms with Crippen LogP contribution in [0.3, 0.4) is 0 Å². The van der Waals surface area contributed by atoms with Crippen molar-refractivity contribution in [3.8, 4) is 0 Å². The van der Waals surface area contributed by atoms with Crippen molar-refractivity contribution < 1.29 is 4.79 Å². The van der Waals surface area contributed by atoms with Crippen molar-refractivity contribution in [3.05, 3.63) is 21.9 Å². The third-order valence-electron chi connectivity index (χ3n) is 3.02. The minimum Gasteiger partial charge on any atom is -0.351 e. The van der Waals surface area contributed by atoms with Gasteiger partial charge in [-0.05, 0) is 17.9 Å². The molecule has 2 heterocycles. The van der Waals surface area contributed by atoms with E-state index in [0.29, 0.717) is 0 Å². The molecular weight excluding hydrogens is 234 g/mol. The Morgan fingerprint density at radius 3 is 2.88 bits per heavy atom. The molecule has 1 saturated heterocycles. The number of carbonyl (C=O) groups excluding carboxylic acids is 1. The summed E-state index contributed by atoms with van der Waals surface area (Å²) in [5.41, 5.74) is 1.88. The first-order valence-corrected chi connectivity index (χ1v) is 6.96. The van der Waals surface area contributed by atoms with E-state index in [9.17, 15) is 4.79 Å². The van der Waals surface area contributed by atoms with Gasteiger partial charge in [0.05, 0.1) is 5.56 Å². The van der Waals surface area contributed by atoms with Gasteiger partial charge >= 0.3 is 0 Å². The number of piperazine rings is 1. The standard InChI is InChI=1S/C12H19N3OS/c1-10-8-17-9-11(10)12(16)14-4-7-15-5-2-13-3-6-15/h8-9,13H,2-7H2,1H3,(H,14,16). The summed E-state index contributed by atoms with van der Waals surface area (Å²) in [5, 5.41) is 10.2. The highest BCUT2D eigenvalue weighted by molar-refractivity contribution is 7.08. The van der Waals surface area contributed by atoms with Crippen LogP contribution in [0.1, 0.15) is 15.9 Å². The zero-order valence-corrected chi connectivity index (χ0v) is 11.0. The Morgan fingerprint density at radius 2 is 2.24 bits per heavy atom. The number of amides is 1. The minimum atomic E-state index is 0.0545. The summed E-state index contributed by atoms with van der Waals surface area (Å²) in [6, 6.07) is 0. The van der Waals surface area contributed by atoms with Gasteiger partial charge in [0.2, 0.25) is 0 Å². The maximum absolute atomic E-state index is 11.8. The molecular formula is C12H19N3OS. The molecule has 1 amide bonds. The molecule has 94 valence electrons. The molecule has 17 heavy (non-hydrogen) atoms. The highest BCUT2D eigenvalue weighted by Gasteiger charge is 2.11. The molecule has 0 atom stereocenters. The molecule has 1 fully saturated rings. The van der Waals surface area contributed by atoms with Crippen LogP contribution in [0, 0.1) is 6.92 Å². The Morgan fingerprint density at radius 1 is 1.47 bits per heavy atom. The number of nitrogens with one attached hydrogen (secondary N) is 2. The number of hydrogen-bond acceptors (Lipinski definition) is 4. The van der Waals surface area contributed by atoms with E-state index in [0.717, 1.165) is 50.4 Å². The zero-order valence-electron chi connectivity index (χ0n) is 10.2. The SMILES string of the molecule is Cc1cscc1C(=O)NCCN1CCNCC1. The Labute approximate surface area is 106 Å². The van der Waals surface area contributed by atoms with Gasteiger partial charge in [0.15, 0.2) is 0 Å². The van der Waals surface area contributed by atoms with Gasteiger partial charge in [0.25, 0.3) is 5.91 Å². The molecule has 2 N–H and O–H groups in total. The predicted molar refractivity (Wildman–Crippen MR) is 70.7 cm³/mol. The van der Waals surface area contributed by atoms with Gasteiger partial charge in [-0.25, -0.2) is 0 Å². The minimum absolute atomic E-state index is 0.0545. The van der Waals surface area contributed by atoms with E-state index in [-0.39, 0.29) is 5.91 Å². The van der Waals surface area contributed by atoms with Crippen LogP contribution in [0.2, 0.25) is 0 Å². The summed E-state index contributed by atoms with van der Waals surface area (Å²) in [5.74, 6) is 0.0545. The molecule has 2 rings (SSSR count). The fourth-order valence-corrected chi connectivity index (χ4v) is 2.78. The molecule has 1 aromatic heterocycles. The summed E-state index contributed by atoms with van der Waals surface area (Å²) < 4.78 is 0. The number of rotatable bonds is 4. The summed E-state index contributed by atoms with van der Waals surface area (Å²) in [6.07, 6.45) is 0. The Balaban J connectivity index is 1.71. The third-order valence-corrected chi connectivity index (χ3v) is 3.88. The van der Waals surface area contributed by atoms with Crippen LogP contribution in [-0.2, 0) is 0 Å². The van der Waals surface area contributed by atoms with Crippen LogP contribution in [0.15, 0.2) is 10.8 Å². The predicted octanol–water partition coefficient (Wildman–Crippen LogP) is 0.692. The summed E-state index contributed by atoms with van der Waals surface area (Å²) in [7, 11) is 0. The smallest absolute Gasteiger partial charge is 0.252 e. The van der Waals surface area contributed by atoms with Crippen molar-refractivity contribution in [3.63, 3.8) is 0 Å². The number of aryl methyl sites for hydroxylation is 1. The molecule has 1 aliphatic rings. The van der Waals surface area contributed by atoms with E-state index >= 15 is 0 Å². The quantitative estimate of drug-likeness (QED) is 0.830. The van der Waals surface area contributed by atoms with E-state index < -0.39 is 0 Å². The van der Waals surface area contributed by atoms with Crippen LogP contribution in [-0.4, -0.2) is 50.1 Å². The highest BCUT2D eigenvalue weighted by Crippen LogP contribution is 2.12. The molecule has 0 bridgehead atoms. The van der Waals surface area contributed by atoms with Crippen LogP contribution in [0.4, 0.5) is 0 Å². The lowest BCUT2D eigenvalue weighted by Gasteiger charge is -2.27. The second kappa shape index (κ2) is 6.14. The van der Waals surface area contributed by atoms with Crippen molar-refractivity contribution in [1.82, 2.24) is 15.5 Å². The van der Waals surface area contributed by atoms with Crippen molar-refractivity contribution >= 4 is 17.2 Å². The van der Waals surface area contributed by atoms with Gasteiger partial charge in [-0.15, -0.1) is 0 Å². The van der Waals surface area contributed by atoms with Crippen LogP contribution < -0.4 is 10.6 Å². The molecule has 1 aromatic rings.